The number of anilines is 2. The number of pyridine rings is 1. The van der Waals surface area contributed by atoms with E-state index < -0.39 is 0 Å². The van der Waals surface area contributed by atoms with Crippen LogP contribution in [-0.4, -0.2) is 10.5 Å². The van der Waals surface area contributed by atoms with E-state index in [0.29, 0.717) is 0 Å². The fourth-order valence-electron chi connectivity index (χ4n) is 3.75. The Bertz CT molecular complexity index is 1080. The zero-order chi connectivity index (χ0) is 19.8. The van der Waals surface area contributed by atoms with Gasteiger partial charge >= 0.3 is 0 Å². The third-order valence-electron chi connectivity index (χ3n) is 5.32. The number of hydrogen-bond donors (Lipinski definition) is 2. The molecule has 28 heavy (non-hydrogen) atoms. The van der Waals surface area contributed by atoms with Gasteiger partial charge in [-0.2, -0.15) is 0 Å². The van der Waals surface area contributed by atoms with Crippen LogP contribution in [0.25, 0.3) is 11.1 Å². The van der Waals surface area contributed by atoms with E-state index >= 15 is 0 Å². The first kappa shape index (κ1) is 18.5. The van der Waals surface area contributed by atoms with E-state index in [1.165, 1.54) is 27.8 Å². The molecule has 1 aliphatic rings. The summed E-state index contributed by atoms with van der Waals surface area (Å²) < 4.78 is 1.48. The summed E-state index contributed by atoms with van der Waals surface area (Å²) in [5.41, 5.74) is 10.7. The minimum atomic E-state index is -0.215. The van der Waals surface area contributed by atoms with Crippen LogP contribution < -0.4 is 16.6 Å². The maximum absolute atomic E-state index is 12.8. The van der Waals surface area contributed by atoms with Crippen molar-refractivity contribution >= 4 is 28.6 Å². The molecule has 0 saturated heterocycles. The number of nitrogens with one attached hydrogen (secondary N) is 1. The Kier molecular flexibility index (Phi) is 4.81. The van der Waals surface area contributed by atoms with Crippen molar-refractivity contribution in [2.24, 2.45) is 7.05 Å². The van der Waals surface area contributed by atoms with Gasteiger partial charge in [-0.05, 0) is 67.5 Å². The van der Waals surface area contributed by atoms with E-state index in [0.717, 1.165) is 40.1 Å². The summed E-state index contributed by atoms with van der Waals surface area (Å²) in [5, 5.41) is 3.06. The lowest BCUT2D eigenvalue weighted by molar-refractivity contribution is 0.103. The van der Waals surface area contributed by atoms with Crippen LogP contribution >= 0.6 is 11.3 Å². The Morgan fingerprint density at radius 2 is 2.00 bits per heavy atom. The second-order valence-electron chi connectivity index (χ2n) is 7.30. The third kappa shape index (κ3) is 3.36. The van der Waals surface area contributed by atoms with E-state index in [4.69, 9.17) is 5.73 Å². The van der Waals surface area contributed by atoms with Gasteiger partial charge in [0.25, 0.3) is 11.5 Å². The summed E-state index contributed by atoms with van der Waals surface area (Å²) in [4.78, 5) is 26.8. The maximum Gasteiger partial charge on any atom is 0.273 e. The van der Waals surface area contributed by atoms with Crippen LogP contribution in [0.5, 0.6) is 0 Å². The molecule has 144 valence electrons. The van der Waals surface area contributed by atoms with Crippen molar-refractivity contribution in [2.75, 3.05) is 11.1 Å². The lowest BCUT2D eigenvalue weighted by Gasteiger charge is -2.13. The van der Waals surface area contributed by atoms with Gasteiger partial charge in [-0.1, -0.05) is 12.1 Å². The van der Waals surface area contributed by atoms with Crippen LogP contribution in [-0.2, 0) is 19.9 Å². The van der Waals surface area contributed by atoms with Gasteiger partial charge in [0.05, 0.1) is 10.6 Å². The Morgan fingerprint density at radius 1 is 1.21 bits per heavy atom. The van der Waals surface area contributed by atoms with Crippen molar-refractivity contribution in [3.05, 3.63) is 67.8 Å². The predicted octanol–water partition coefficient (Wildman–Crippen LogP) is 4.14. The normalized spacial score (nSPS) is 13.2. The molecule has 0 aliphatic heterocycles. The van der Waals surface area contributed by atoms with Crippen LogP contribution in [0.15, 0.2) is 41.3 Å². The summed E-state index contributed by atoms with van der Waals surface area (Å²) in [6, 6.07) is 9.49. The molecule has 4 rings (SSSR count). The van der Waals surface area contributed by atoms with Crippen LogP contribution in [0.3, 0.4) is 0 Å². The number of nitrogen functional groups attached to an aromatic ring is 1. The summed E-state index contributed by atoms with van der Waals surface area (Å²) in [6.07, 6.45) is 6.32. The molecule has 0 atom stereocenters. The van der Waals surface area contributed by atoms with E-state index in [-0.39, 0.29) is 17.2 Å². The fourth-order valence-corrected chi connectivity index (χ4v) is 4.90. The number of thiophene rings is 1. The Morgan fingerprint density at radius 3 is 2.75 bits per heavy atom. The van der Waals surface area contributed by atoms with Gasteiger partial charge in [-0.3, -0.25) is 9.59 Å². The van der Waals surface area contributed by atoms with Crippen molar-refractivity contribution in [1.29, 1.82) is 0 Å². The average molecular weight is 394 g/mol. The molecule has 0 spiro atoms. The molecule has 1 aromatic carbocycles. The number of nitrogens with two attached hydrogens (primary N) is 1. The molecule has 0 unspecified atom stereocenters. The molecule has 0 saturated carbocycles. The highest BCUT2D eigenvalue weighted by atomic mass is 32.1. The summed E-state index contributed by atoms with van der Waals surface area (Å²) >= 11 is 1.61. The van der Waals surface area contributed by atoms with Gasteiger partial charge in [0, 0.05) is 29.4 Å². The molecule has 1 amide bonds. The minimum absolute atomic E-state index is 0.0698. The molecule has 3 N–H and O–H groups in total. The zero-order valence-electron chi connectivity index (χ0n) is 16.0. The van der Waals surface area contributed by atoms with Crippen molar-refractivity contribution in [3.63, 3.8) is 0 Å². The number of fused-ring (bicyclic) bond motifs is 1. The summed E-state index contributed by atoms with van der Waals surface area (Å²) in [7, 11) is 1.68. The molecule has 0 bridgehead atoms. The highest BCUT2D eigenvalue weighted by molar-refractivity contribution is 7.14. The number of carbonyl (C=O) groups is 1. The van der Waals surface area contributed by atoms with Gasteiger partial charge < -0.3 is 15.6 Å². The predicted molar refractivity (Wildman–Crippen MR) is 115 cm³/mol. The lowest BCUT2D eigenvalue weighted by Crippen LogP contribution is -2.19. The summed E-state index contributed by atoms with van der Waals surface area (Å²) in [5.74, 6) is -0.0698. The van der Waals surface area contributed by atoms with Crippen LogP contribution in [0.4, 0.5) is 11.4 Å². The number of aromatic nitrogens is 1. The number of benzene rings is 1. The van der Waals surface area contributed by atoms with Gasteiger partial charge in [-0.15, -0.1) is 11.3 Å². The van der Waals surface area contributed by atoms with E-state index in [9.17, 15) is 9.59 Å². The Hall–Kier alpha value is -2.86. The molecule has 0 fully saturated rings. The van der Waals surface area contributed by atoms with Gasteiger partial charge in [0.2, 0.25) is 0 Å². The van der Waals surface area contributed by atoms with E-state index in [1.54, 1.807) is 30.6 Å². The molecule has 6 heteroatoms. The molecule has 0 radical (unpaired) electrons. The maximum atomic E-state index is 12.8. The second-order valence-corrected chi connectivity index (χ2v) is 8.44. The van der Waals surface area contributed by atoms with Crippen molar-refractivity contribution in [3.8, 4) is 11.1 Å². The number of aryl methyl sites for hydroxylation is 3. The second kappa shape index (κ2) is 7.28. The molecule has 1 aliphatic carbocycles. The largest absolute Gasteiger partial charge is 0.394 e. The smallest absolute Gasteiger partial charge is 0.273 e. The molecule has 3 aromatic rings. The Labute approximate surface area is 167 Å². The highest BCUT2D eigenvalue weighted by Crippen LogP contribution is 2.32. The van der Waals surface area contributed by atoms with Crippen molar-refractivity contribution in [2.45, 2.75) is 32.6 Å². The van der Waals surface area contributed by atoms with Crippen LogP contribution in [0.2, 0.25) is 0 Å². The Balaban J connectivity index is 1.64. The minimum Gasteiger partial charge on any atom is -0.394 e. The van der Waals surface area contributed by atoms with Crippen LogP contribution in [0.1, 0.15) is 38.5 Å². The summed E-state index contributed by atoms with van der Waals surface area (Å²) in [6.45, 7) is 1.96. The molecular formula is C22H23N3O2S. The van der Waals surface area contributed by atoms with Crippen LogP contribution in [0, 0.1) is 6.92 Å². The average Bonchev–Trinajstić information content (AvgIpc) is 3.12. The topological polar surface area (TPSA) is 77.1 Å². The molecular weight excluding hydrogens is 370 g/mol. The first-order chi connectivity index (χ1) is 13.4. The fraction of sp³-hybridized carbons (Fsp3) is 0.273. The van der Waals surface area contributed by atoms with Gasteiger partial charge in [0.1, 0.15) is 0 Å². The monoisotopic (exact) mass is 393 g/mol. The van der Waals surface area contributed by atoms with E-state index in [2.05, 4.69) is 5.32 Å². The standard InChI is InChI=1S/C22H23N3O2S/c1-13-16(15-10-17(23)22(27)25(2)12-15)7-5-8-18(13)24-21(26)20-11-14-6-3-4-9-19(14)28-20/h5,7-8,10-12H,3-4,6,9,23H2,1-2H3,(H,24,26). The first-order valence-electron chi connectivity index (χ1n) is 9.43. The molecule has 2 heterocycles. The number of carbonyl (C=O) groups excluding carboxylic acids is 1. The van der Waals surface area contributed by atoms with Gasteiger partial charge in [0.15, 0.2) is 0 Å². The highest BCUT2D eigenvalue weighted by Gasteiger charge is 2.18. The number of nitrogens with zero attached hydrogens (tertiary/aromatic N) is 1. The third-order valence-corrected chi connectivity index (χ3v) is 6.56. The zero-order valence-corrected chi connectivity index (χ0v) is 16.9. The lowest BCUT2D eigenvalue weighted by atomic mass is 9.99. The number of amides is 1. The quantitative estimate of drug-likeness (QED) is 0.702. The van der Waals surface area contributed by atoms with Gasteiger partial charge in [-0.25, -0.2) is 0 Å². The number of hydrogen-bond acceptors (Lipinski definition) is 4. The molecule has 5 nitrogen and oxygen atoms in total. The van der Waals surface area contributed by atoms with E-state index in [1.807, 2.05) is 31.2 Å². The first-order valence-corrected chi connectivity index (χ1v) is 10.2. The number of rotatable bonds is 3. The van der Waals surface area contributed by atoms with Crippen molar-refractivity contribution < 1.29 is 4.79 Å². The molecule has 2 aromatic heterocycles. The SMILES string of the molecule is Cc1c(NC(=O)c2cc3c(s2)CCCC3)cccc1-c1cc(N)c(=O)n(C)c1. The van der Waals surface area contributed by atoms with Crippen molar-refractivity contribution in [1.82, 2.24) is 4.57 Å².